The average Bonchev–Trinajstić information content (AvgIpc) is 2.92. The molecule has 1 fully saturated rings. The maximum absolute atomic E-state index is 10.4. The van der Waals surface area contributed by atoms with Gasteiger partial charge in [0.25, 0.3) is 0 Å². The Morgan fingerprint density at radius 3 is 2.80 bits per heavy atom. The molecule has 1 saturated heterocycles. The quantitative estimate of drug-likeness (QED) is 0.655. The number of fused-ring (bicyclic) bond motifs is 1. The van der Waals surface area contributed by atoms with Gasteiger partial charge in [0.1, 0.15) is 29.7 Å². The zero-order valence-corrected chi connectivity index (χ0v) is 11.1. The molecule has 2 aromatic rings. The molecular formula is C12H16N4O4. The van der Waals surface area contributed by atoms with Crippen LogP contribution in [0.15, 0.2) is 12.7 Å². The van der Waals surface area contributed by atoms with Crippen LogP contribution < -0.4 is 0 Å². The lowest BCUT2D eigenvalue weighted by molar-refractivity contribution is -0.0950. The maximum Gasteiger partial charge on any atom is 0.168 e. The summed E-state index contributed by atoms with van der Waals surface area (Å²) in [6.07, 6.45) is -0.0422. The third-order valence-corrected chi connectivity index (χ3v) is 3.73. The SMILES string of the molecule is Cc1ncnc2c1ncn2[C@@H]1O[C@H](CO)C(O)[C@]1(C)O. The van der Waals surface area contributed by atoms with Crippen molar-refractivity contribution in [1.82, 2.24) is 19.5 Å². The highest BCUT2D eigenvalue weighted by Crippen LogP contribution is 2.39. The van der Waals surface area contributed by atoms with Crippen molar-refractivity contribution in [3.63, 3.8) is 0 Å². The second-order valence-corrected chi connectivity index (χ2v) is 5.16. The van der Waals surface area contributed by atoms with Gasteiger partial charge in [-0.3, -0.25) is 4.57 Å². The van der Waals surface area contributed by atoms with Gasteiger partial charge >= 0.3 is 0 Å². The van der Waals surface area contributed by atoms with Crippen LogP contribution in [0.5, 0.6) is 0 Å². The Labute approximate surface area is 114 Å². The van der Waals surface area contributed by atoms with Crippen LogP contribution >= 0.6 is 0 Å². The molecule has 8 heteroatoms. The van der Waals surface area contributed by atoms with Gasteiger partial charge in [-0.05, 0) is 13.8 Å². The van der Waals surface area contributed by atoms with Crippen molar-refractivity contribution < 1.29 is 20.1 Å². The second-order valence-electron chi connectivity index (χ2n) is 5.16. The van der Waals surface area contributed by atoms with E-state index >= 15 is 0 Å². The molecule has 2 aromatic heterocycles. The van der Waals surface area contributed by atoms with E-state index in [1.807, 2.05) is 0 Å². The first kappa shape index (κ1) is 13.4. The Hall–Kier alpha value is -1.61. The third kappa shape index (κ3) is 1.73. The summed E-state index contributed by atoms with van der Waals surface area (Å²) in [6, 6.07) is 0. The standard InChI is InChI=1S/C12H16N4O4/c1-6-8-10(14-4-13-6)16(5-15-8)11-12(2,19)9(18)7(3-17)20-11/h4-5,7,9,11,17-19H,3H2,1-2H3/t7-,9?,11-,12+/m1/s1. The molecule has 1 unspecified atom stereocenters. The highest BCUT2D eigenvalue weighted by Gasteiger charge is 2.53. The Morgan fingerprint density at radius 2 is 2.15 bits per heavy atom. The van der Waals surface area contributed by atoms with E-state index in [0.717, 1.165) is 0 Å². The summed E-state index contributed by atoms with van der Waals surface area (Å²) in [5.74, 6) is 0. The third-order valence-electron chi connectivity index (χ3n) is 3.73. The summed E-state index contributed by atoms with van der Waals surface area (Å²) >= 11 is 0. The van der Waals surface area contributed by atoms with Crippen LogP contribution in [0.1, 0.15) is 18.8 Å². The summed E-state index contributed by atoms with van der Waals surface area (Å²) in [6.45, 7) is 2.88. The molecule has 1 aliphatic heterocycles. The van der Waals surface area contributed by atoms with Crippen LogP contribution in [-0.2, 0) is 4.74 Å². The van der Waals surface area contributed by atoms with E-state index in [2.05, 4.69) is 15.0 Å². The van der Waals surface area contributed by atoms with Crippen molar-refractivity contribution in [2.75, 3.05) is 6.61 Å². The van der Waals surface area contributed by atoms with Crippen molar-refractivity contribution in [2.45, 2.75) is 37.9 Å². The zero-order chi connectivity index (χ0) is 14.5. The topological polar surface area (TPSA) is 114 Å². The molecule has 0 spiro atoms. The average molecular weight is 280 g/mol. The summed E-state index contributed by atoms with van der Waals surface area (Å²) in [4.78, 5) is 12.4. The summed E-state index contributed by atoms with van der Waals surface area (Å²) in [5.41, 5.74) is 0.271. The van der Waals surface area contributed by atoms with Crippen LogP contribution in [0.25, 0.3) is 11.2 Å². The van der Waals surface area contributed by atoms with Gasteiger partial charge in [-0.25, -0.2) is 15.0 Å². The predicted molar refractivity (Wildman–Crippen MR) is 67.7 cm³/mol. The van der Waals surface area contributed by atoms with Gasteiger partial charge in [0, 0.05) is 0 Å². The van der Waals surface area contributed by atoms with Crippen molar-refractivity contribution in [1.29, 1.82) is 0 Å². The number of hydrogen-bond donors (Lipinski definition) is 3. The number of ether oxygens (including phenoxy) is 1. The number of aliphatic hydroxyl groups is 3. The number of aliphatic hydroxyl groups excluding tert-OH is 2. The van der Waals surface area contributed by atoms with E-state index in [0.29, 0.717) is 16.9 Å². The first-order chi connectivity index (χ1) is 9.46. The molecule has 3 rings (SSSR count). The van der Waals surface area contributed by atoms with Crippen molar-refractivity contribution in [2.24, 2.45) is 0 Å². The number of aryl methyl sites for hydroxylation is 1. The van der Waals surface area contributed by atoms with Crippen LogP contribution in [-0.4, -0.2) is 59.3 Å². The minimum atomic E-state index is -1.56. The normalized spacial score (nSPS) is 34.0. The Kier molecular flexibility index (Phi) is 2.98. The van der Waals surface area contributed by atoms with E-state index < -0.39 is 24.0 Å². The highest BCUT2D eigenvalue weighted by molar-refractivity contribution is 5.72. The molecule has 0 aliphatic carbocycles. The van der Waals surface area contributed by atoms with Crippen molar-refractivity contribution in [3.8, 4) is 0 Å². The minimum Gasteiger partial charge on any atom is -0.394 e. The van der Waals surface area contributed by atoms with Gasteiger partial charge in [0.15, 0.2) is 11.9 Å². The lowest BCUT2D eigenvalue weighted by Crippen LogP contribution is -2.44. The van der Waals surface area contributed by atoms with Crippen LogP contribution in [0.4, 0.5) is 0 Å². The molecule has 8 nitrogen and oxygen atoms in total. The van der Waals surface area contributed by atoms with Crippen LogP contribution in [0.2, 0.25) is 0 Å². The fourth-order valence-corrected chi connectivity index (χ4v) is 2.53. The van der Waals surface area contributed by atoms with E-state index in [-0.39, 0.29) is 6.61 Å². The molecular weight excluding hydrogens is 264 g/mol. The molecule has 0 bridgehead atoms. The number of nitrogens with zero attached hydrogens (tertiary/aromatic N) is 4. The maximum atomic E-state index is 10.4. The van der Waals surface area contributed by atoms with Crippen molar-refractivity contribution in [3.05, 3.63) is 18.3 Å². The fourth-order valence-electron chi connectivity index (χ4n) is 2.53. The van der Waals surface area contributed by atoms with Gasteiger partial charge in [-0.2, -0.15) is 0 Å². The number of imidazole rings is 1. The van der Waals surface area contributed by atoms with E-state index in [1.165, 1.54) is 19.6 Å². The van der Waals surface area contributed by atoms with Gasteiger partial charge in [-0.15, -0.1) is 0 Å². The lowest BCUT2D eigenvalue weighted by atomic mass is 9.96. The lowest BCUT2D eigenvalue weighted by Gasteiger charge is -2.27. The molecule has 3 N–H and O–H groups in total. The van der Waals surface area contributed by atoms with Gasteiger partial charge in [0.05, 0.1) is 18.6 Å². The molecule has 0 radical (unpaired) electrons. The summed E-state index contributed by atoms with van der Waals surface area (Å²) in [5, 5.41) is 29.7. The predicted octanol–water partition coefficient (Wildman–Crippen LogP) is -0.864. The monoisotopic (exact) mass is 280 g/mol. The molecule has 3 heterocycles. The molecule has 0 aromatic carbocycles. The highest BCUT2D eigenvalue weighted by atomic mass is 16.6. The van der Waals surface area contributed by atoms with E-state index in [9.17, 15) is 15.3 Å². The Bertz CT molecular complexity index is 641. The Balaban J connectivity index is 2.10. The minimum absolute atomic E-state index is 0.380. The van der Waals surface area contributed by atoms with E-state index in [1.54, 1.807) is 11.5 Å². The van der Waals surface area contributed by atoms with Crippen LogP contribution in [0.3, 0.4) is 0 Å². The van der Waals surface area contributed by atoms with Crippen LogP contribution in [0, 0.1) is 6.92 Å². The zero-order valence-electron chi connectivity index (χ0n) is 11.1. The number of aromatic nitrogens is 4. The fraction of sp³-hybridized carbons (Fsp3) is 0.583. The van der Waals surface area contributed by atoms with Gasteiger partial charge < -0.3 is 20.1 Å². The number of rotatable bonds is 2. The molecule has 0 amide bonds. The van der Waals surface area contributed by atoms with E-state index in [4.69, 9.17) is 4.74 Å². The molecule has 1 aliphatic rings. The molecule has 4 atom stereocenters. The second kappa shape index (κ2) is 4.45. The first-order valence-corrected chi connectivity index (χ1v) is 6.27. The Morgan fingerprint density at radius 1 is 1.40 bits per heavy atom. The molecule has 0 saturated carbocycles. The molecule has 108 valence electrons. The number of hydrogen-bond acceptors (Lipinski definition) is 7. The smallest absolute Gasteiger partial charge is 0.168 e. The largest absolute Gasteiger partial charge is 0.394 e. The molecule has 20 heavy (non-hydrogen) atoms. The van der Waals surface area contributed by atoms with Gasteiger partial charge in [0.2, 0.25) is 0 Å². The van der Waals surface area contributed by atoms with Crippen molar-refractivity contribution >= 4 is 11.2 Å². The summed E-state index contributed by atoms with van der Waals surface area (Å²) in [7, 11) is 0. The first-order valence-electron chi connectivity index (χ1n) is 6.27. The summed E-state index contributed by atoms with van der Waals surface area (Å²) < 4.78 is 7.09. The van der Waals surface area contributed by atoms with Gasteiger partial charge in [-0.1, -0.05) is 0 Å².